The van der Waals surface area contributed by atoms with Crippen molar-refractivity contribution < 1.29 is 30.3 Å². The molecule has 0 aliphatic carbocycles. The molecule has 0 radical (unpaired) electrons. The molecule has 0 aromatic carbocycles. The molecule has 0 aromatic heterocycles. The number of hydrogen-bond acceptors (Lipinski definition) is 5. The summed E-state index contributed by atoms with van der Waals surface area (Å²) in [4.78, 5) is 10.1. The Labute approximate surface area is 75.1 Å². The number of carbonyl (C=O) groups is 1. The van der Waals surface area contributed by atoms with Gasteiger partial charge in [0, 0.05) is 6.42 Å². The Kier molecular flexibility index (Phi) is 4.86. The number of aliphatic hydroxyl groups excluding tert-OH is 4. The second-order valence-electron chi connectivity index (χ2n) is 2.89. The molecule has 13 heavy (non-hydrogen) atoms. The van der Waals surface area contributed by atoms with Gasteiger partial charge in [0.25, 0.3) is 0 Å². The molecule has 0 saturated heterocycles. The number of aliphatic carboxylic acids is 1. The smallest absolute Gasteiger partial charge is 0.332 e. The van der Waals surface area contributed by atoms with Crippen LogP contribution in [0.25, 0.3) is 0 Å². The van der Waals surface area contributed by atoms with E-state index in [1.54, 1.807) is 0 Å². The van der Waals surface area contributed by atoms with E-state index in [1.807, 2.05) is 0 Å². The number of rotatable bonds is 5. The molecule has 0 fully saturated rings. The monoisotopic (exact) mass is 194 g/mol. The molecule has 0 spiro atoms. The maximum Gasteiger partial charge on any atom is 0.332 e. The Balaban J connectivity index is 3.99. The van der Waals surface area contributed by atoms with Crippen molar-refractivity contribution in [2.24, 2.45) is 0 Å². The van der Waals surface area contributed by atoms with Crippen LogP contribution in [0.2, 0.25) is 0 Å². The summed E-state index contributed by atoms with van der Waals surface area (Å²) in [6.45, 7) is 1.25. The zero-order chi connectivity index (χ0) is 10.6. The largest absolute Gasteiger partial charge is 0.479 e. The zero-order valence-corrected chi connectivity index (χ0v) is 7.16. The third-order valence-corrected chi connectivity index (χ3v) is 1.64. The van der Waals surface area contributed by atoms with Crippen molar-refractivity contribution in [1.82, 2.24) is 0 Å². The Morgan fingerprint density at radius 2 is 1.69 bits per heavy atom. The molecule has 78 valence electrons. The summed E-state index contributed by atoms with van der Waals surface area (Å²) < 4.78 is 0. The topological polar surface area (TPSA) is 118 Å². The van der Waals surface area contributed by atoms with E-state index < -0.39 is 36.8 Å². The van der Waals surface area contributed by atoms with Gasteiger partial charge in [-0.2, -0.15) is 0 Å². The van der Waals surface area contributed by atoms with Crippen LogP contribution in [0.5, 0.6) is 0 Å². The summed E-state index contributed by atoms with van der Waals surface area (Å²) in [5.41, 5.74) is 0. The van der Waals surface area contributed by atoms with Gasteiger partial charge < -0.3 is 25.5 Å². The van der Waals surface area contributed by atoms with Crippen LogP contribution < -0.4 is 0 Å². The summed E-state index contributed by atoms with van der Waals surface area (Å²) in [5, 5.41) is 43.9. The zero-order valence-electron chi connectivity index (χ0n) is 7.16. The number of carboxylic acids is 1. The fraction of sp³-hybridized carbons (Fsp3) is 0.857. The van der Waals surface area contributed by atoms with Gasteiger partial charge in [-0.15, -0.1) is 0 Å². The number of hydrogen-bond donors (Lipinski definition) is 5. The van der Waals surface area contributed by atoms with Crippen molar-refractivity contribution in [2.75, 3.05) is 0 Å². The Morgan fingerprint density at radius 3 is 2.00 bits per heavy atom. The predicted octanol–water partition coefficient (Wildman–Crippen LogP) is -2.08. The lowest BCUT2D eigenvalue weighted by Crippen LogP contribution is -2.39. The highest BCUT2D eigenvalue weighted by Crippen LogP contribution is 2.06. The van der Waals surface area contributed by atoms with Crippen molar-refractivity contribution >= 4 is 5.97 Å². The first-order chi connectivity index (χ1) is 5.86. The van der Waals surface area contributed by atoms with Crippen molar-refractivity contribution in [1.29, 1.82) is 0 Å². The number of aliphatic hydroxyl groups is 4. The molecular weight excluding hydrogens is 180 g/mol. The fourth-order valence-corrected chi connectivity index (χ4v) is 0.790. The van der Waals surface area contributed by atoms with Gasteiger partial charge in [-0.05, 0) is 6.92 Å². The highest BCUT2D eigenvalue weighted by atomic mass is 16.4. The van der Waals surface area contributed by atoms with Crippen LogP contribution in [0.15, 0.2) is 0 Å². The van der Waals surface area contributed by atoms with Crippen LogP contribution in [0.3, 0.4) is 0 Å². The van der Waals surface area contributed by atoms with E-state index >= 15 is 0 Å². The van der Waals surface area contributed by atoms with Crippen LogP contribution in [-0.4, -0.2) is 55.9 Å². The first kappa shape index (κ1) is 12.3. The third-order valence-electron chi connectivity index (χ3n) is 1.64. The van der Waals surface area contributed by atoms with Gasteiger partial charge in [0.1, 0.15) is 6.10 Å². The van der Waals surface area contributed by atoms with E-state index in [4.69, 9.17) is 25.5 Å². The highest BCUT2D eigenvalue weighted by Gasteiger charge is 2.26. The van der Waals surface area contributed by atoms with Crippen LogP contribution in [0, 0.1) is 0 Å². The minimum absolute atomic E-state index is 0.513. The van der Waals surface area contributed by atoms with E-state index in [9.17, 15) is 4.79 Å². The van der Waals surface area contributed by atoms with Crippen molar-refractivity contribution in [3.05, 3.63) is 0 Å². The first-order valence-electron chi connectivity index (χ1n) is 3.81. The molecule has 0 saturated carbocycles. The lowest BCUT2D eigenvalue weighted by molar-refractivity contribution is -0.150. The van der Waals surface area contributed by atoms with Gasteiger partial charge in [-0.25, -0.2) is 4.79 Å². The summed E-state index contributed by atoms with van der Waals surface area (Å²) in [7, 11) is 0. The van der Waals surface area contributed by atoms with E-state index in [1.165, 1.54) is 6.92 Å². The predicted molar refractivity (Wildman–Crippen MR) is 42.0 cm³/mol. The average molecular weight is 194 g/mol. The van der Waals surface area contributed by atoms with Crippen LogP contribution in [0.1, 0.15) is 13.3 Å². The minimum atomic E-state index is -1.73. The molecule has 0 aromatic rings. The molecule has 0 heterocycles. The molecule has 4 unspecified atom stereocenters. The van der Waals surface area contributed by atoms with E-state index in [0.29, 0.717) is 0 Å². The van der Waals surface area contributed by atoms with Gasteiger partial charge in [0.05, 0.1) is 12.2 Å². The van der Waals surface area contributed by atoms with Crippen LogP contribution in [0.4, 0.5) is 0 Å². The highest BCUT2D eigenvalue weighted by molar-refractivity contribution is 5.71. The second kappa shape index (κ2) is 5.13. The summed E-state index contributed by atoms with van der Waals surface area (Å²) in [6.07, 6.45) is -6.32. The third kappa shape index (κ3) is 4.18. The molecular formula is C7H14O6. The molecule has 5 N–H and O–H groups in total. The summed E-state index contributed by atoms with van der Waals surface area (Å²) >= 11 is 0. The molecule has 0 bridgehead atoms. The Hall–Kier alpha value is -0.690. The molecule has 0 rings (SSSR count). The van der Waals surface area contributed by atoms with Gasteiger partial charge in [0.2, 0.25) is 0 Å². The van der Waals surface area contributed by atoms with Gasteiger partial charge in [-0.1, -0.05) is 0 Å². The van der Waals surface area contributed by atoms with E-state index in [2.05, 4.69) is 0 Å². The molecule has 4 atom stereocenters. The standard InChI is InChI=1S/C7H14O6/c1-3(8)6(11)4(9)2-5(10)7(12)13/h3-6,8-11H,2H2,1H3,(H,12,13). The molecule has 6 heteroatoms. The number of carboxylic acid groups (broad SMARTS) is 1. The Bertz CT molecular complexity index is 168. The first-order valence-corrected chi connectivity index (χ1v) is 3.81. The molecule has 0 aliphatic rings. The second-order valence-corrected chi connectivity index (χ2v) is 2.89. The van der Waals surface area contributed by atoms with E-state index in [0.717, 1.165) is 0 Å². The quantitative estimate of drug-likeness (QED) is 0.343. The van der Waals surface area contributed by atoms with Crippen LogP contribution in [-0.2, 0) is 4.79 Å². The van der Waals surface area contributed by atoms with Gasteiger partial charge in [-0.3, -0.25) is 0 Å². The normalized spacial score (nSPS) is 20.4. The molecule has 0 amide bonds. The van der Waals surface area contributed by atoms with Gasteiger partial charge >= 0.3 is 5.97 Å². The van der Waals surface area contributed by atoms with Crippen molar-refractivity contribution in [3.8, 4) is 0 Å². The molecule has 6 nitrogen and oxygen atoms in total. The Morgan fingerprint density at radius 1 is 1.23 bits per heavy atom. The van der Waals surface area contributed by atoms with Crippen molar-refractivity contribution in [2.45, 2.75) is 37.8 Å². The van der Waals surface area contributed by atoms with Crippen LogP contribution >= 0.6 is 0 Å². The fourth-order valence-electron chi connectivity index (χ4n) is 0.790. The lowest BCUT2D eigenvalue weighted by Gasteiger charge is -2.20. The summed E-state index contributed by atoms with van der Waals surface area (Å²) in [6, 6.07) is 0. The SMILES string of the molecule is CC(O)C(O)C(O)CC(O)C(=O)O. The summed E-state index contributed by atoms with van der Waals surface area (Å²) in [5.74, 6) is -1.48. The minimum Gasteiger partial charge on any atom is -0.479 e. The van der Waals surface area contributed by atoms with Crippen molar-refractivity contribution in [3.63, 3.8) is 0 Å². The maximum atomic E-state index is 10.1. The van der Waals surface area contributed by atoms with Gasteiger partial charge in [0.15, 0.2) is 6.10 Å². The maximum absolute atomic E-state index is 10.1. The lowest BCUT2D eigenvalue weighted by atomic mass is 10.0. The van der Waals surface area contributed by atoms with E-state index in [-0.39, 0.29) is 0 Å². The average Bonchev–Trinajstić information content (AvgIpc) is 2.02. The molecule has 0 aliphatic heterocycles.